The Labute approximate surface area is 101 Å². The van der Waals surface area contributed by atoms with E-state index in [1.807, 2.05) is 16.9 Å². The lowest BCUT2D eigenvalue weighted by atomic mass is 10.2. The van der Waals surface area contributed by atoms with Crippen LogP contribution < -0.4 is 10.6 Å². The van der Waals surface area contributed by atoms with Crippen molar-refractivity contribution >= 4 is 5.69 Å². The molecule has 0 aliphatic carbocycles. The third kappa shape index (κ3) is 2.47. The molecule has 1 aromatic carbocycles. The van der Waals surface area contributed by atoms with E-state index in [1.165, 1.54) is 5.56 Å². The monoisotopic (exact) mass is 228 g/mol. The van der Waals surface area contributed by atoms with Crippen molar-refractivity contribution in [2.45, 2.75) is 12.6 Å². The molecular formula is C13H16N4. The summed E-state index contributed by atoms with van der Waals surface area (Å²) in [6.07, 6.45) is 3.95. The summed E-state index contributed by atoms with van der Waals surface area (Å²) in [5.74, 6) is 0. The maximum Gasteiger partial charge on any atom is 0.0729 e. The number of rotatable bonds is 4. The second-order valence-electron chi connectivity index (χ2n) is 4.41. The molecular weight excluding hydrogens is 212 g/mol. The average Bonchev–Trinajstić information content (AvgIpc) is 2.73. The van der Waals surface area contributed by atoms with Crippen LogP contribution in [0.15, 0.2) is 42.7 Å². The quantitative estimate of drug-likeness (QED) is 0.829. The highest BCUT2D eigenvalue weighted by molar-refractivity contribution is 5.40. The molecule has 2 N–H and O–H groups in total. The van der Waals surface area contributed by atoms with Crippen molar-refractivity contribution in [1.82, 2.24) is 15.1 Å². The highest BCUT2D eigenvalue weighted by atomic mass is 15.3. The molecule has 0 atom stereocenters. The summed E-state index contributed by atoms with van der Waals surface area (Å²) in [6, 6.07) is 10.9. The van der Waals surface area contributed by atoms with Gasteiger partial charge in [-0.3, -0.25) is 4.68 Å². The lowest BCUT2D eigenvalue weighted by molar-refractivity contribution is 0.472. The molecule has 2 heterocycles. The van der Waals surface area contributed by atoms with Crippen LogP contribution in [0.1, 0.15) is 5.56 Å². The van der Waals surface area contributed by atoms with Crippen LogP contribution >= 0.6 is 0 Å². The Morgan fingerprint density at radius 3 is 2.82 bits per heavy atom. The largest absolute Gasteiger partial charge is 0.377 e. The summed E-state index contributed by atoms with van der Waals surface area (Å²) < 4.78 is 1.96. The van der Waals surface area contributed by atoms with Crippen LogP contribution in [0.25, 0.3) is 0 Å². The lowest BCUT2D eigenvalue weighted by Crippen LogP contribution is -2.51. The molecule has 1 aliphatic heterocycles. The van der Waals surface area contributed by atoms with E-state index < -0.39 is 0 Å². The van der Waals surface area contributed by atoms with E-state index in [2.05, 4.69) is 46.2 Å². The minimum Gasteiger partial charge on any atom is -0.377 e. The number of nitrogens with zero attached hydrogens (tertiary/aromatic N) is 2. The van der Waals surface area contributed by atoms with Gasteiger partial charge < -0.3 is 10.6 Å². The number of nitrogens with one attached hydrogen (secondary N) is 2. The predicted molar refractivity (Wildman–Crippen MR) is 68.1 cm³/mol. The Morgan fingerprint density at radius 2 is 2.12 bits per heavy atom. The van der Waals surface area contributed by atoms with Gasteiger partial charge in [-0.2, -0.15) is 5.10 Å². The molecule has 3 rings (SSSR count). The number of benzene rings is 1. The third-order valence-corrected chi connectivity index (χ3v) is 2.97. The molecule has 88 valence electrons. The zero-order valence-corrected chi connectivity index (χ0v) is 9.63. The van der Waals surface area contributed by atoms with Crippen molar-refractivity contribution in [2.24, 2.45) is 0 Å². The molecule has 1 saturated heterocycles. The molecule has 4 heteroatoms. The van der Waals surface area contributed by atoms with Crippen molar-refractivity contribution in [1.29, 1.82) is 0 Å². The first kappa shape index (κ1) is 10.4. The molecule has 0 bridgehead atoms. The van der Waals surface area contributed by atoms with Crippen LogP contribution in [-0.4, -0.2) is 28.9 Å². The Hall–Kier alpha value is -1.81. The van der Waals surface area contributed by atoms with Crippen LogP contribution in [0.2, 0.25) is 0 Å². The molecule has 1 aliphatic rings. The van der Waals surface area contributed by atoms with E-state index in [-0.39, 0.29) is 0 Å². The predicted octanol–water partition coefficient (Wildman–Crippen LogP) is 1.32. The number of hydrogen-bond donors (Lipinski definition) is 2. The summed E-state index contributed by atoms with van der Waals surface area (Å²) in [6.45, 7) is 2.92. The van der Waals surface area contributed by atoms with Gasteiger partial charge in [0, 0.05) is 19.3 Å². The third-order valence-electron chi connectivity index (χ3n) is 2.97. The van der Waals surface area contributed by atoms with Crippen LogP contribution in [0.4, 0.5) is 5.69 Å². The van der Waals surface area contributed by atoms with E-state index in [4.69, 9.17) is 0 Å². The smallest absolute Gasteiger partial charge is 0.0729 e. The first-order chi connectivity index (χ1) is 8.40. The van der Waals surface area contributed by atoms with Gasteiger partial charge in [0.25, 0.3) is 0 Å². The lowest BCUT2D eigenvalue weighted by Gasteiger charge is -2.28. The van der Waals surface area contributed by atoms with Crippen molar-refractivity contribution in [3.8, 4) is 0 Å². The maximum atomic E-state index is 4.36. The highest BCUT2D eigenvalue weighted by Crippen LogP contribution is 2.10. The molecule has 17 heavy (non-hydrogen) atoms. The highest BCUT2D eigenvalue weighted by Gasteiger charge is 2.16. The van der Waals surface area contributed by atoms with Crippen molar-refractivity contribution in [2.75, 3.05) is 18.4 Å². The van der Waals surface area contributed by atoms with E-state index in [9.17, 15) is 0 Å². The molecule has 1 aromatic heterocycles. The van der Waals surface area contributed by atoms with Crippen molar-refractivity contribution < 1.29 is 0 Å². The van der Waals surface area contributed by atoms with Gasteiger partial charge in [-0.05, 0) is 5.56 Å². The van der Waals surface area contributed by atoms with Crippen molar-refractivity contribution in [3.05, 3.63) is 48.3 Å². The van der Waals surface area contributed by atoms with Gasteiger partial charge in [0.05, 0.1) is 24.5 Å². The molecule has 0 amide bonds. The molecule has 0 saturated carbocycles. The molecule has 0 spiro atoms. The van der Waals surface area contributed by atoms with Crippen molar-refractivity contribution in [3.63, 3.8) is 0 Å². The molecule has 2 aromatic rings. The van der Waals surface area contributed by atoms with E-state index in [0.29, 0.717) is 6.04 Å². The van der Waals surface area contributed by atoms with E-state index >= 15 is 0 Å². The molecule has 1 fully saturated rings. The van der Waals surface area contributed by atoms with E-state index in [0.717, 1.165) is 25.3 Å². The topological polar surface area (TPSA) is 41.9 Å². The normalized spacial score (nSPS) is 15.5. The number of hydrogen-bond acceptors (Lipinski definition) is 3. The zero-order valence-electron chi connectivity index (χ0n) is 9.63. The van der Waals surface area contributed by atoms with Gasteiger partial charge in [-0.1, -0.05) is 30.3 Å². The summed E-state index contributed by atoms with van der Waals surface area (Å²) >= 11 is 0. The van der Waals surface area contributed by atoms with Crippen LogP contribution in [-0.2, 0) is 6.54 Å². The second kappa shape index (κ2) is 4.59. The average molecular weight is 228 g/mol. The molecule has 4 nitrogen and oxygen atoms in total. The van der Waals surface area contributed by atoms with Crippen LogP contribution in [0.3, 0.4) is 0 Å². The Bertz CT molecular complexity index is 473. The van der Waals surface area contributed by atoms with Crippen LogP contribution in [0, 0.1) is 0 Å². The van der Waals surface area contributed by atoms with Gasteiger partial charge >= 0.3 is 0 Å². The molecule has 0 radical (unpaired) electrons. The second-order valence-corrected chi connectivity index (χ2v) is 4.41. The van der Waals surface area contributed by atoms with Gasteiger partial charge in [-0.15, -0.1) is 0 Å². The number of anilines is 1. The minimum atomic E-state index is 0.560. The minimum absolute atomic E-state index is 0.560. The summed E-state index contributed by atoms with van der Waals surface area (Å²) in [4.78, 5) is 0. The SMILES string of the molecule is c1ccc(Cn2cc(NC3CNC3)cn2)cc1. The fourth-order valence-electron chi connectivity index (χ4n) is 1.92. The summed E-state index contributed by atoms with van der Waals surface area (Å²) in [7, 11) is 0. The summed E-state index contributed by atoms with van der Waals surface area (Å²) in [5.41, 5.74) is 2.37. The maximum absolute atomic E-state index is 4.36. The first-order valence-electron chi connectivity index (χ1n) is 5.94. The summed E-state index contributed by atoms with van der Waals surface area (Å²) in [5, 5.41) is 11.0. The Kier molecular flexibility index (Phi) is 2.80. The van der Waals surface area contributed by atoms with Gasteiger partial charge in [0.1, 0.15) is 0 Å². The Morgan fingerprint density at radius 1 is 1.29 bits per heavy atom. The fraction of sp³-hybridized carbons (Fsp3) is 0.308. The van der Waals surface area contributed by atoms with Gasteiger partial charge in [-0.25, -0.2) is 0 Å². The van der Waals surface area contributed by atoms with E-state index in [1.54, 1.807) is 0 Å². The standard InChI is InChI=1S/C13H16N4/c1-2-4-11(5-3-1)9-17-10-13(8-15-17)16-12-6-14-7-12/h1-5,8,10,12,14,16H,6-7,9H2. The van der Waals surface area contributed by atoms with Gasteiger partial charge in [0.2, 0.25) is 0 Å². The zero-order chi connectivity index (χ0) is 11.5. The first-order valence-corrected chi connectivity index (χ1v) is 5.94. The molecule has 0 unspecified atom stereocenters. The number of aromatic nitrogens is 2. The Balaban J connectivity index is 1.64. The van der Waals surface area contributed by atoms with Crippen LogP contribution in [0.5, 0.6) is 0 Å². The fourth-order valence-corrected chi connectivity index (χ4v) is 1.92. The van der Waals surface area contributed by atoms with Gasteiger partial charge in [0.15, 0.2) is 0 Å².